The van der Waals surface area contributed by atoms with Crippen molar-refractivity contribution in [1.29, 1.82) is 10.5 Å². The lowest BCUT2D eigenvalue weighted by molar-refractivity contribution is 0.431. The quantitative estimate of drug-likeness (QED) is 0.816. The van der Waals surface area contributed by atoms with Crippen molar-refractivity contribution in [2.24, 2.45) is 16.5 Å². The molecule has 0 aliphatic carbocycles. The molecule has 0 spiro atoms. The second-order valence-corrected chi connectivity index (χ2v) is 5.97. The molecule has 108 valence electrons. The lowest BCUT2D eigenvalue weighted by Gasteiger charge is -2.33. The van der Waals surface area contributed by atoms with Crippen molar-refractivity contribution in [2.75, 3.05) is 0 Å². The van der Waals surface area contributed by atoms with Crippen molar-refractivity contribution < 1.29 is 0 Å². The van der Waals surface area contributed by atoms with Crippen LogP contribution in [0.2, 0.25) is 5.02 Å². The SMILES string of the molecule is N#CC1=C(N)N2C(=NC(N)=C(C#N)C2c2ccc(Cl)cc2)S1. The van der Waals surface area contributed by atoms with E-state index in [0.29, 0.717) is 15.1 Å². The zero-order valence-electron chi connectivity index (χ0n) is 11.1. The van der Waals surface area contributed by atoms with Crippen LogP contribution >= 0.6 is 23.4 Å². The topological polar surface area (TPSA) is 115 Å². The maximum Gasteiger partial charge on any atom is 0.178 e. The minimum absolute atomic E-state index is 0.133. The van der Waals surface area contributed by atoms with Gasteiger partial charge in [0.2, 0.25) is 0 Å². The molecule has 22 heavy (non-hydrogen) atoms. The number of nitrogens with two attached hydrogens (primary N) is 2. The summed E-state index contributed by atoms with van der Waals surface area (Å²) in [6.07, 6.45) is 0. The largest absolute Gasteiger partial charge is 0.383 e. The van der Waals surface area contributed by atoms with E-state index < -0.39 is 6.04 Å². The Kier molecular flexibility index (Phi) is 3.45. The number of benzene rings is 1. The van der Waals surface area contributed by atoms with Gasteiger partial charge in [0, 0.05) is 5.02 Å². The molecule has 1 unspecified atom stereocenters. The normalized spacial score (nSPS) is 20.4. The molecule has 0 bridgehead atoms. The molecule has 0 saturated heterocycles. The number of hydrogen-bond donors (Lipinski definition) is 2. The summed E-state index contributed by atoms with van der Waals surface area (Å²) in [5.41, 5.74) is 13.0. The van der Waals surface area contributed by atoms with Crippen molar-refractivity contribution in [2.45, 2.75) is 6.04 Å². The van der Waals surface area contributed by atoms with Crippen molar-refractivity contribution in [3.05, 3.63) is 57.0 Å². The van der Waals surface area contributed by atoms with E-state index >= 15 is 0 Å². The van der Waals surface area contributed by atoms with Crippen LogP contribution in [0.1, 0.15) is 11.6 Å². The van der Waals surface area contributed by atoms with Crippen LogP contribution in [0.4, 0.5) is 0 Å². The Labute approximate surface area is 136 Å². The van der Waals surface area contributed by atoms with Crippen molar-refractivity contribution in [3.63, 3.8) is 0 Å². The van der Waals surface area contributed by atoms with Gasteiger partial charge in [-0.05, 0) is 29.5 Å². The first-order valence-corrected chi connectivity index (χ1v) is 7.37. The summed E-state index contributed by atoms with van der Waals surface area (Å²) in [6.45, 7) is 0. The zero-order chi connectivity index (χ0) is 15.9. The Bertz CT molecular complexity index is 824. The smallest absolute Gasteiger partial charge is 0.178 e. The molecule has 0 fully saturated rings. The van der Waals surface area contributed by atoms with Gasteiger partial charge in [0.15, 0.2) is 5.17 Å². The highest BCUT2D eigenvalue weighted by atomic mass is 35.5. The number of nitrogens with zero attached hydrogens (tertiary/aromatic N) is 4. The number of rotatable bonds is 1. The molecule has 2 aliphatic heterocycles. The third kappa shape index (κ3) is 2.08. The molecule has 6 nitrogen and oxygen atoms in total. The Balaban J connectivity index is 2.18. The van der Waals surface area contributed by atoms with Gasteiger partial charge < -0.3 is 11.5 Å². The van der Waals surface area contributed by atoms with E-state index in [1.165, 1.54) is 0 Å². The second kappa shape index (κ2) is 5.30. The van der Waals surface area contributed by atoms with Crippen LogP contribution < -0.4 is 11.5 Å². The van der Waals surface area contributed by atoms with Crippen LogP contribution in [0.3, 0.4) is 0 Å². The lowest BCUT2D eigenvalue weighted by atomic mass is 9.97. The number of nitriles is 2. The standard InChI is InChI=1S/C14H9ClN6S/c15-8-3-1-7(2-4-8)11-9(5-16)12(18)20-14-21(11)13(19)10(6-17)22-14/h1-4,11H,18-19H2. The summed E-state index contributed by atoms with van der Waals surface area (Å²) in [5.74, 6) is 0.402. The molecule has 2 aliphatic rings. The number of hydrogen-bond acceptors (Lipinski definition) is 7. The van der Waals surface area contributed by atoms with Gasteiger partial charge in [0.25, 0.3) is 0 Å². The highest BCUT2D eigenvalue weighted by Crippen LogP contribution is 2.44. The molecule has 1 atom stereocenters. The van der Waals surface area contributed by atoms with Gasteiger partial charge in [-0.15, -0.1) is 0 Å². The summed E-state index contributed by atoms with van der Waals surface area (Å²) in [4.78, 5) is 6.17. The highest BCUT2D eigenvalue weighted by molar-refractivity contribution is 8.17. The van der Waals surface area contributed by atoms with Crippen LogP contribution in [0.25, 0.3) is 0 Å². The van der Waals surface area contributed by atoms with Gasteiger partial charge in [0.1, 0.15) is 34.7 Å². The highest BCUT2D eigenvalue weighted by Gasteiger charge is 2.40. The van der Waals surface area contributed by atoms with Gasteiger partial charge in [-0.25, -0.2) is 4.99 Å². The van der Waals surface area contributed by atoms with E-state index in [1.807, 2.05) is 6.07 Å². The van der Waals surface area contributed by atoms with Gasteiger partial charge in [-0.3, -0.25) is 4.90 Å². The maximum atomic E-state index is 9.44. The molecule has 4 N–H and O–H groups in total. The summed E-state index contributed by atoms with van der Waals surface area (Å²) >= 11 is 7.06. The summed E-state index contributed by atoms with van der Waals surface area (Å²) < 4.78 is 0. The monoisotopic (exact) mass is 328 g/mol. The van der Waals surface area contributed by atoms with E-state index in [2.05, 4.69) is 11.1 Å². The average molecular weight is 329 g/mol. The maximum absolute atomic E-state index is 9.44. The van der Waals surface area contributed by atoms with Crippen LogP contribution in [-0.4, -0.2) is 10.1 Å². The fourth-order valence-corrected chi connectivity index (χ4v) is 3.33. The number of allylic oxidation sites excluding steroid dienone is 1. The van der Waals surface area contributed by atoms with E-state index in [0.717, 1.165) is 17.3 Å². The van der Waals surface area contributed by atoms with E-state index in [4.69, 9.17) is 28.3 Å². The Morgan fingerprint density at radius 1 is 1.18 bits per heavy atom. The van der Waals surface area contributed by atoms with E-state index in [9.17, 15) is 5.26 Å². The van der Waals surface area contributed by atoms with Crippen LogP contribution in [0.15, 0.2) is 51.4 Å². The van der Waals surface area contributed by atoms with Crippen LogP contribution in [0.5, 0.6) is 0 Å². The molecule has 2 heterocycles. The summed E-state index contributed by atoms with van der Waals surface area (Å²) in [7, 11) is 0. The molecule has 0 saturated carbocycles. The Hall–Kier alpha value is -2.61. The van der Waals surface area contributed by atoms with Crippen LogP contribution in [0, 0.1) is 22.7 Å². The summed E-state index contributed by atoms with van der Waals surface area (Å²) in [6, 6.07) is 10.6. The minimum Gasteiger partial charge on any atom is -0.383 e. The molecule has 1 aromatic rings. The van der Waals surface area contributed by atoms with Gasteiger partial charge in [-0.2, -0.15) is 10.5 Å². The molecule has 1 aromatic carbocycles. The number of fused-ring (bicyclic) bond motifs is 1. The molecule has 8 heteroatoms. The van der Waals surface area contributed by atoms with Gasteiger partial charge >= 0.3 is 0 Å². The number of thioether (sulfide) groups is 1. The first-order chi connectivity index (χ1) is 10.6. The van der Waals surface area contributed by atoms with E-state index in [-0.39, 0.29) is 17.2 Å². The molecular weight excluding hydrogens is 320 g/mol. The third-order valence-electron chi connectivity index (χ3n) is 3.32. The minimum atomic E-state index is -0.520. The molecule has 0 amide bonds. The van der Waals surface area contributed by atoms with Crippen molar-refractivity contribution >= 4 is 28.5 Å². The molecule has 0 radical (unpaired) electrons. The zero-order valence-corrected chi connectivity index (χ0v) is 12.7. The lowest BCUT2D eigenvalue weighted by Crippen LogP contribution is -2.37. The Morgan fingerprint density at radius 2 is 1.86 bits per heavy atom. The fraction of sp³-hybridized carbons (Fsp3) is 0.0714. The predicted octanol–water partition coefficient (Wildman–Crippen LogP) is 2.14. The van der Waals surface area contributed by atoms with E-state index in [1.54, 1.807) is 29.2 Å². The first kappa shape index (κ1) is 14.3. The molecule has 0 aromatic heterocycles. The molecule has 3 rings (SSSR count). The van der Waals surface area contributed by atoms with Crippen LogP contribution in [-0.2, 0) is 0 Å². The number of amidine groups is 1. The van der Waals surface area contributed by atoms with Crippen molar-refractivity contribution in [1.82, 2.24) is 4.90 Å². The van der Waals surface area contributed by atoms with Crippen molar-refractivity contribution in [3.8, 4) is 12.1 Å². The summed E-state index contributed by atoms with van der Waals surface area (Å²) in [5, 5.41) is 19.7. The average Bonchev–Trinajstić information content (AvgIpc) is 2.82. The van der Waals surface area contributed by atoms with Gasteiger partial charge in [0.05, 0.1) is 5.57 Å². The first-order valence-electron chi connectivity index (χ1n) is 6.17. The van der Waals surface area contributed by atoms with Gasteiger partial charge in [-0.1, -0.05) is 23.7 Å². The number of aliphatic imine (C=N–C) groups is 1. The third-order valence-corrected chi connectivity index (χ3v) is 4.55. The second-order valence-electron chi connectivity index (χ2n) is 4.56. The fourth-order valence-electron chi connectivity index (χ4n) is 2.32. The Morgan fingerprint density at radius 3 is 2.45 bits per heavy atom. The predicted molar refractivity (Wildman–Crippen MR) is 84.7 cm³/mol. The molecular formula is C14H9ClN6S. The number of halogens is 1.